The van der Waals surface area contributed by atoms with Gasteiger partial charge in [-0.1, -0.05) is 17.7 Å². The van der Waals surface area contributed by atoms with Gasteiger partial charge in [-0.05, 0) is 68.7 Å². The van der Waals surface area contributed by atoms with Gasteiger partial charge < -0.3 is 10.4 Å². The number of benzene rings is 2. The Labute approximate surface area is 152 Å². The molecule has 4 heteroatoms. The molecule has 3 rings (SSSR count). The third-order valence-corrected chi connectivity index (χ3v) is 4.25. The van der Waals surface area contributed by atoms with Crippen LogP contribution < -0.4 is 5.32 Å². The molecule has 0 unspecified atom stereocenters. The summed E-state index contributed by atoms with van der Waals surface area (Å²) in [6, 6.07) is 11.8. The Bertz CT molecular complexity index is 917. The Hall–Kier alpha value is -3.14. The quantitative estimate of drug-likeness (QED) is 0.609. The molecule has 0 saturated heterocycles. The van der Waals surface area contributed by atoms with Crippen molar-refractivity contribution in [3.8, 4) is 5.75 Å². The van der Waals surface area contributed by atoms with Crippen molar-refractivity contribution < 1.29 is 14.7 Å². The Morgan fingerprint density at radius 3 is 2.46 bits per heavy atom. The molecule has 1 aliphatic rings. The van der Waals surface area contributed by atoms with Gasteiger partial charge in [-0.3, -0.25) is 9.59 Å². The van der Waals surface area contributed by atoms with Crippen LogP contribution in [-0.2, 0) is 6.42 Å². The van der Waals surface area contributed by atoms with E-state index in [9.17, 15) is 14.7 Å². The lowest BCUT2D eigenvalue weighted by Gasteiger charge is -2.17. The average molecular weight is 347 g/mol. The number of carbonyl (C=O) groups excluding carboxylic acids is 2. The fourth-order valence-corrected chi connectivity index (χ4v) is 2.89. The molecule has 132 valence electrons. The smallest absolute Gasteiger partial charge is 0.210 e. The van der Waals surface area contributed by atoms with Gasteiger partial charge in [0.1, 0.15) is 5.75 Å². The van der Waals surface area contributed by atoms with E-state index in [1.165, 1.54) is 23.8 Å². The zero-order valence-electron chi connectivity index (χ0n) is 14.9. The van der Waals surface area contributed by atoms with Crippen LogP contribution in [0.1, 0.15) is 46.5 Å². The third kappa shape index (κ3) is 3.91. The number of carbonyl (C=O) groups is 2. The summed E-state index contributed by atoms with van der Waals surface area (Å²) in [5, 5.41) is 12.3. The molecule has 26 heavy (non-hydrogen) atoms. The zero-order chi connectivity index (χ0) is 18.7. The minimum absolute atomic E-state index is 0.140. The lowest BCUT2D eigenvalue weighted by Crippen LogP contribution is -2.21. The van der Waals surface area contributed by atoms with Gasteiger partial charge in [-0.15, -0.1) is 0 Å². The van der Waals surface area contributed by atoms with Crippen molar-refractivity contribution in [2.45, 2.75) is 26.7 Å². The topological polar surface area (TPSA) is 66.4 Å². The van der Waals surface area contributed by atoms with Gasteiger partial charge in [0.05, 0.1) is 5.70 Å². The molecule has 2 aromatic carbocycles. The summed E-state index contributed by atoms with van der Waals surface area (Å²) in [5.74, 6) is -0.241. The molecule has 0 saturated carbocycles. The van der Waals surface area contributed by atoms with Crippen molar-refractivity contribution in [3.05, 3.63) is 82.6 Å². The number of phenols is 1. The molecule has 0 spiro atoms. The number of ketones is 2. The molecular formula is C22H21NO3. The van der Waals surface area contributed by atoms with Gasteiger partial charge in [-0.2, -0.15) is 0 Å². The van der Waals surface area contributed by atoms with E-state index in [1.807, 2.05) is 12.1 Å². The summed E-state index contributed by atoms with van der Waals surface area (Å²) in [4.78, 5) is 25.2. The minimum Gasteiger partial charge on any atom is -0.508 e. The van der Waals surface area contributed by atoms with E-state index in [1.54, 1.807) is 18.2 Å². The largest absolute Gasteiger partial charge is 0.508 e. The maximum absolute atomic E-state index is 12.7. The molecule has 0 radical (unpaired) electrons. The molecule has 4 nitrogen and oxygen atoms in total. The summed E-state index contributed by atoms with van der Waals surface area (Å²) in [5.41, 5.74) is 4.07. The van der Waals surface area contributed by atoms with Crippen LogP contribution in [0.15, 0.2) is 65.9 Å². The Balaban J connectivity index is 1.81. The van der Waals surface area contributed by atoms with Crippen molar-refractivity contribution in [2.75, 3.05) is 5.32 Å². The normalized spacial score (nSPS) is 13.1. The molecule has 1 aliphatic carbocycles. The summed E-state index contributed by atoms with van der Waals surface area (Å²) < 4.78 is 0. The van der Waals surface area contributed by atoms with E-state index in [0.717, 1.165) is 18.4 Å². The molecule has 2 N–H and O–H groups in total. The lowest BCUT2D eigenvalue weighted by atomic mass is 9.90. The Morgan fingerprint density at radius 1 is 1.04 bits per heavy atom. The number of anilines is 1. The molecule has 0 aliphatic heterocycles. The molecule has 0 fully saturated rings. The van der Waals surface area contributed by atoms with Crippen LogP contribution in [0.5, 0.6) is 5.75 Å². The van der Waals surface area contributed by atoms with Gasteiger partial charge >= 0.3 is 0 Å². The van der Waals surface area contributed by atoms with Crippen molar-refractivity contribution in [1.82, 2.24) is 0 Å². The van der Waals surface area contributed by atoms with Gasteiger partial charge in [-0.25, -0.2) is 0 Å². The molecule has 0 aromatic heterocycles. The predicted octanol–water partition coefficient (Wildman–Crippen LogP) is 4.67. The molecule has 0 heterocycles. The number of hydrogen-bond acceptors (Lipinski definition) is 4. The van der Waals surface area contributed by atoms with Gasteiger partial charge in [0.15, 0.2) is 5.78 Å². The van der Waals surface area contributed by atoms with Crippen LogP contribution in [0.4, 0.5) is 5.69 Å². The summed E-state index contributed by atoms with van der Waals surface area (Å²) in [6.45, 7) is 4.12. The SMILES string of the molecule is CC(C)=CCCc1ccc2c(c1)C(=O)C=C(Nc1ccc(O)cc1)C2=O. The first-order valence-corrected chi connectivity index (χ1v) is 8.57. The molecule has 2 aromatic rings. The Morgan fingerprint density at radius 2 is 1.77 bits per heavy atom. The average Bonchev–Trinajstić information content (AvgIpc) is 2.61. The van der Waals surface area contributed by atoms with E-state index >= 15 is 0 Å². The number of aryl methyl sites for hydroxylation is 1. The first-order valence-electron chi connectivity index (χ1n) is 8.57. The number of phenolic OH excluding ortho intramolecular Hbond substituents is 1. The van der Waals surface area contributed by atoms with E-state index in [2.05, 4.69) is 25.2 Å². The van der Waals surface area contributed by atoms with E-state index < -0.39 is 0 Å². The monoisotopic (exact) mass is 347 g/mol. The summed E-state index contributed by atoms with van der Waals surface area (Å²) in [7, 11) is 0. The van der Waals surface area contributed by atoms with Crippen LogP contribution in [0.3, 0.4) is 0 Å². The first-order chi connectivity index (χ1) is 12.4. The van der Waals surface area contributed by atoms with Gasteiger partial charge in [0, 0.05) is 22.9 Å². The van der Waals surface area contributed by atoms with Crippen molar-refractivity contribution >= 4 is 17.3 Å². The fraction of sp³-hybridized carbons (Fsp3) is 0.182. The summed E-state index contributed by atoms with van der Waals surface area (Å²) >= 11 is 0. The second-order valence-corrected chi connectivity index (χ2v) is 6.62. The van der Waals surface area contributed by atoms with Crippen LogP contribution in [0, 0.1) is 0 Å². The maximum Gasteiger partial charge on any atom is 0.210 e. The highest BCUT2D eigenvalue weighted by Crippen LogP contribution is 2.25. The second-order valence-electron chi connectivity index (χ2n) is 6.62. The highest BCUT2D eigenvalue weighted by atomic mass is 16.3. The number of hydrogen-bond donors (Lipinski definition) is 2. The first kappa shape index (κ1) is 17.7. The van der Waals surface area contributed by atoms with Gasteiger partial charge in [0.2, 0.25) is 5.78 Å². The highest BCUT2D eigenvalue weighted by molar-refractivity contribution is 6.25. The minimum atomic E-state index is -0.205. The lowest BCUT2D eigenvalue weighted by molar-refractivity contribution is 0.0985. The van der Waals surface area contributed by atoms with Crippen molar-refractivity contribution in [3.63, 3.8) is 0 Å². The molecular weight excluding hydrogens is 326 g/mol. The van der Waals surface area contributed by atoms with Crippen LogP contribution in [-0.4, -0.2) is 16.7 Å². The third-order valence-electron chi connectivity index (χ3n) is 4.25. The standard InChI is InChI=1S/C22H21NO3/c1-14(2)4-3-5-15-6-11-18-19(12-15)21(25)13-20(22(18)26)23-16-7-9-17(24)10-8-16/h4,6-13,23-24H,3,5H2,1-2H3. The fourth-order valence-electron chi connectivity index (χ4n) is 2.89. The molecule has 0 amide bonds. The number of nitrogens with one attached hydrogen (secondary N) is 1. The van der Waals surface area contributed by atoms with E-state index in [0.29, 0.717) is 16.8 Å². The molecule has 0 bridgehead atoms. The second kappa shape index (κ2) is 7.40. The van der Waals surface area contributed by atoms with E-state index in [4.69, 9.17) is 0 Å². The number of Topliss-reactive ketones (excluding diaryl/α,β-unsaturated/α-hetero) is 1. The number of aromatic hydroxyl groups is 1. The van der Waals surface area contributed by atoms with Crippen molar-refractivity contribution in [2.24, 2.45) is 0 Å². The van der Waals surface area contributed by atoms with Crippen LogP contribution in [0.2, 0.25) is 0 Å². The van der Waals surface area contributed by atoms with Crippen LogP contribution >= 0.6 is 0 Å². The Kier molecular flexibility index (Phi) is 5.03. The van der Waals surface area contributed by atoms with Crippen molar-refractivity contribution in [1.29, 1.82) is 0 Å². The maximum atomic E-state index is 12.7. The number of allylic oxidation sites excluding steroid dienone is 4. The van der Waals surface area contributed by atoms with Crippen LogP contribution in [0.25, 0.3) is 0 Å². The predicted molar refractivity (Wildman–Crippen MR) is 103 cm³/mol. The zero-order valence-corrected chi connectivity index (χ0v) is 14.9. The number of rotatable bonds is 5. The van der Waals surface area contributed by atoms with E-state index in [-0.39, 0.29) is 23.0 Å². The van der Waals surface area contributed by atoms with Gasteiger partial charge in [0.25, 0.3) is 0 Å². The highest BCUT2D eigenvalue weighted by Gasteiger charge is 2.25. The molecule has 0 atom stereocenters. The number of fused-ring (bicyclic) bond motifs is 1. The summed E-state index contributed by atoms with van der Waals surface area (Å²) in [6.07, 6.45) is 5.25.